The minimum Gasteiger partial charge on any atom is -0.423 e. The molecule has 2 aromatic rings. The maximum Gasteiger partial charge on any atom is 0.491 e. The third-order valence-corrected chi connectivity index (χ3v) is 2.22. The van der Waals surface area contributed by atoms with Gasteiger partial charge in [-0.3, -0.25) is 0 Å². The second-order valence-electron chi connectivity index (χ2n) is 3.21. The second-order valence-corrected chi connectivity index (χ2v) is 3.21. The number of fused-ring (bicyclic) bond motifs is 1. The lowest BCUT2D eigenvalue weighted by molar-refractivity contribution is 0.423. The standard InChI is InChI=1S/C10H7BF2O2/c12-9-3-1-2-6-4-8(11(14)15)10(13)5-7(6)9/h1-5,14-15H. The zero-order valence-corrected chi connectivity index (χ0v) is 7.61. The van der Waals surface area contributed by atoms with Crippen LogP contribution in [0.15, 0.2) is 30.3 Å². The van der Waals surface area contributed by atoms with E-state index >= 15 is 0 Å². The van der Waals surface area contributed by atoms with E-state index in [4.69, 9.17) is 10.0 Å². The molecular formula is C10H7BF2O2. The Morgan fingerprint density at radius 1 is 1.00 bits per heavy atom. The maximum atomic E-state index is 13.3. The van der Waals surface area contributed by atoms with Gasteiger partial charge in [-0.15, -0.1) is 0 Å². The topological polar surface area (TPSA) is 40.5 Å². The number of halogens is 2. The fraction of sp³-hybridized carbons (Fsp3) is 0. The first kappa shape index (κ1) is 10.1. The predicted molar refractivity (Wildman–Crippen MR) is 53.7 cm³/mol. The molecule has 2 N–H and O–H groups in total. The number of hydrogen-bond acceptors (Lipinski definition) is 2. The van der Waals surface area contributed by atoms with Crippen LogP contribution in [-0.2, 0) is 0 Å². The summed E-state index contributed by atoms with van der Waals surface area (Å²) in [7, 11) is -1.89. The van der Waals surface area contributed by atoms with Crippen molar-refractivity contribution in [2.45, 2.75) is 0 Å². The molecular weight excluding hydrogens is 201 g/mol. The molecule has 5 heteroatoms. The van der Waals surface area contributed by atoms with E-state index in [0.717, 1.165) is 6.07 Å². The summed E-state index contributed by atoms with van der Waals surface area (Å²) in [4.78, 5) is 0. The molecule has 0 bridgehead atoms. The van der Waals surface area contributed by atoms with Crippen molar-refractivity contribution >= 4 is 23.4 Å². The first-order valence-electron chi connectivity index (χ1n) is 4.33. The smallest absolute Gasteiger partial charge is 0.423 e. The first-order chi connectivity index (χ1) is 7.09. The maximum absolute atomic E-state index is 13.3. The second kappa shape index (κ2) is 3.60. The minimum atomic E-state index is -1.89. The Balaban J connectivity index is 2.76. The van der Waals surface area contributed by atoms with Gasteiger partial charge >= 0.3 is 7.12 Å². The van der Waals surface area contributed by atoms with Crippen LogP contribution in [0.5, 0.6) is 0 Å². The molecule has 0 aliphatic carbocycles. The molecule has 0 atom stereocenters. The highest BCUT2D eigenvalue weighted by Gasteiger charge is 2.17. The van der Waals surface area contributed by atoms with Crippen molar-refractivity contribution in [2.24, 2.45) is 0 Å². The molecule has 0 heterocycles. The van der Waals surface area contributed by atoms with E-state index < -0.39 is 18.8 Å². The average Bonchev–Trinajstić information content (AvgIpc) is 2.18. The fourth-order valence-electron chi connectivity index (χ4n) is 1.48. The van der Waals surface area contributed by atoms with Crippen LogP contribution < -0.4 is 5.46 Å². The van der Waals surface area contributed by atoms with Crippen molar-refractivity contribution in [2.75, 3.05) is 0 Å². The van der Waals surface area contributed by atoms with E-state index in [1.54, 1.807) is 6.07 Å². The largest absolute Gasteiger partial charge is 0.491 e. The Morgan fingerprint density at radius 2 is 1.73 bits per heavy atom. The molecule has 0 aromatic heterocycles. The van der Waals surface area contributed by atoms with Crippen LogP contribution in [-0.4, -0.2) is 17.2 Å². The molecule has 0 fully saturated rings. The third-order valence-electron chi connectivity index (χ3n) is 2.22. The highest BCUT2D eigenvalue weighted by atomic mass is 19.1. The molecule has 2 nitrogen and oxygen atoms in total. The van der Waals surface area contributed by atoms with Crippen LogP contribution in [0.1, 0.15) is 0 Å². The Hall–Kier alpha value is -1.46. The van der Waals surface area contributed by atoms with Gasteiger partial charge in [-0.2, -0.15) is 0 Å². The van der Waals surface area contributed by atoms with Crippen LogP contribution in [0.25, 0.3) is 10.8 Å². The molecule has 0 amide bonds. The third kappa shape index (κ3) is 1.71. The SMILES string of the molecule is OB(O)c1cc2cccc(F)c2cc1F. The number of hydrogen-bond donors (Lipinski definition) is 2. The molecule has 0 radical (unpaired) electrons. The van der Waals surface area contributed by atoms with Gasteiger partial charge in [-0.1, -0.05) is 18.2 Å². The van der Waals surface area contributed by atoms with E-state index in [9.17, 15) is 8.78 Å². The van der Waals surface area contributed by atoms with E-state index in [0.29, 0.717) is 5.39 Å². The van der Waals surface area contributed by atoms with Crippen molar-refractivity contribution < 1.29 is 18.8 Å². The summed E-state index contributed by atoms with van der Waals surface area (Å²) < 4.78 is 26.5. The van der Waals surface area contributed by atoms with Crippen LogP contribution in [0.4, 0.5) is 8.78 Å². The lowest BCUT2D eigenvalue weighted by atomic mass is 9.79. The molecule has 76 valence electrons. The first-order valence-corrected chi connectivity index (χ1v) is 4.33. The highest BCUT2D eigenvalue weighted by Crippen LogP contribution is 2.17. The summed E-state index contributed by atoms with van der Waals surface area (Å²) in [6, 6.07) is 6.45. The van der Waals surface area contributed by atoms with E-state index in [1.165, 1.54) is 18.2 Å². The van der Waals surface area contributed by atoms with Gasteiger partial charge in [0.1, 0.15) is 11.6 Å². The van der Waals surface area contributed by atoms with Gasteiger partial charge in [-0.05, 0) is 17.5 Å². The number of rotatable bonds is 1. The lowest BCUT2D eigenvalue weighted by Crippen LogP contribution is -2.32. The highest BCUT2D eigenvalue weighted by molar-refractivity contribution is 6.59. The van der Waals surface area contributed by atoms with Crippen LogP contribution >= 0.6 is 0 Å². The van der Waals surface area contributed by atoms with Crippen molar-refractivity contribution in [1.82, 2.24) is 0 Å². The molecule has 0 spiro atoms. The van der Waals surface area contributed by atoms with Crippen molar-refractivity contribution in [1.29, 1.82) is 0 Å². The van der Waals surface area contributed by atoms with E-state index in [-0.39, 0.29) is 10.8 Å². The Bertz CT molecular complexity index is 514. The molecule has 0 saturated carbocycles. The molecule has 0 aliphatic rings. The summed E-state index contributed by atoms with van der Waals surface area (Å²) in [5.41, 5.74) is -0.256. The normalized spacial score (nSPS) is 10.7. The molecule has 0 unspecified atom stereocenters. The predicted octanol–water partition coefficient (Wildman–Crippen LogP) is 0.798. The molecule has 0 aliphatic heterocycles. The van der Waals surface area contributed by atoms with Crippen LogP contribution in [0.3, 0.4) is 0 Å². The van der Waals surface area contributed by atoms with Crippen molar-refractivity contribution in [3.63, 3.8) is 0 Å². The number of benzene rings is 2. The Labute approximate surface area is 84.9 Å². The fourth-order valence-corrected chi connectivity index (χ4v) is 1.48. The summed E-state index contributed by atoms with van der Waals surface area (Å²) in [6.07, 6.45) is 0. The van der Waals surface area contributed by atoms with Gasteiger partial charge in [0.25, 0.3) is 0 Å². The van der Waals surface area contributed by atoms with Gasteiger partial charge in [-0.25, -0.2) is 8.78 Å². The van der Waals surface area contributed by atoms with E-state index in [2.05, 4.69) is 0 Å². The Kier molecular flexibility index (Phi) is 2.42. The quantitative estimate of drug-likeness (QED) is 0.680. The van der Waals surface area contributed by atoms with Gasteiger partial charge in [0.05, 0.1) is 0 Å². The van der Waals surface area contributed by atoms with Gasteiger partial charge in [0.2, 0.25) is 0 Å². The van der Waals surface area contributed by atoms with Crippen LogP contribution in [0.2, 0.25) is 0 Å². The monoisotopic (exact) mass is 208 g/mol. The molecule has 2 aromatic carbocycles. The van der Waals surface area contributed by atoms with Gasteiger partial charge < -0.3 is 10.0 Å². The Morgan fingerprint density at radius 3 is 2.40 bits per heavy atom. The van der Waals surface area contributed by atoms with Gasteiger partial charge in [0, 0.05) is 10.8 Å². The van der Waals surface area contributed by atoms with Gasteiger partial charge in [0.15, 0.2) is 0 Å². The molecule has 15 heavy (non-hydrogen) atoms. The minimum absolute atomic E-state index is 0.124. The molecule has 2 rings (SSSR count). The zero-order valence-electron chi connectivity index (χ0n) is 7.61. The zero-order chi connectivity index (χ0) is 11.0. The van der Waals surface area contributed by atoms with Crippen molar-refractivity contribution in [3.05, 3.63) is 42.0 Å². The summed E-state index contributed by atoms with van der Waals surface area (Å²) >= 11 is 0. The molecule has 0 saturated heterocycles. The van der Waals surface area contributed by atoms with E-state index in [1.807, 2.05) is 0 Å². The average molecular weight is 208 g/mol. The summed E-state index contributed by atoms with van der Waals surface area (Å²) in [6.45, 7) is 0. The summed E-state index contributed by atoms with van der Waals surface area (Å²) in [5.74, 6) is -1.37. The summed E-state index contributed by atoms with van der Waals surface area (Å²) in [5, 5.41) is 18.3. The van der Waals surface area contributed by atoms with Crippen molar-refractivity contribution in [3.8, 4) is 0 Å². The lowest BCUT2D eigenvalue weighted by Gasteiger charge is -2.05. The van der Waals surface area contributed by atoms with Crippen LogP contribution in [0, 0.1) is 11.6 Å².